The minimum absolute atomic E-state index is 0.724. The average Bonchev–Trinajstić information content (AvgIpc) is 2.25. The van der Waals surface area contributed by atoms with Crippen molar-refractivity contribution in [1.82, 2.24) is 10.3 Å². The van der Waals surface area contributed by atoms with E-state index in [0.717, 1.165) is 43.1 Å². The predicted molar refractivity (Wildman–Crippen MR) is 62.1 cm³/mol. The normalized spacial score (nSPS) is 10.5. The Kier molecular flexibility index (Phi) is 6.32. The van der Waals surface area contributed by atoms with Gasteiger partial charge in [-0.15, -0.1) is 0 Å². The molecule has 0 unspecified atom stereocenters. The predicted octanol–water partition coefficient (Wildman–Crippen LogP) is 2.25. The molecular weight excluding hydrogens is 212 g/mol. The molecule has 15 heavy (non-hydrogen) atoms. The maximum atomic E-state index is 5.96. The van der Waals surface area contributed by atoms with Gasteiger partial charge in [0.15, 0.2) is 0 Å². The summed E-state index contributed by atoms with van der Waals surface area (Å²) in [7, 11) is 1.73. The fourth-order valence-electron chi connectivity index (χ4n) is 1.27. The number of nitrogens with zero attached hydrogens (tertiary/aromatic N) is 1. The number of nitrogens with one attached hydrogen (secondary N) is 1. The van der Waals surface area contributed by atoms with Crippen molar-refractivity contribution in [1.29, 1.82) is 0 Å². The standard InChI is InChI=1S/C11H17ClN2O/c1-15-7-3-2-5-13-8-10-4-6-14-9-11(10)12/h4,6,9,13H,2-3,5,7-8H2,1H3. The zero-order valence-corrected chi connectivity index (χ0v) is 9.76. The summed E-state index contributed by atoms with van der Waals surface area (Å²) in [4.78, 5) is 3.94. The highest BCUT2D eigenvalue weighted by Gasteiger charge is 1.97. The van der Waals surface area contributed by atoms with Crippen molar-refractivity contribution in [2.45, 2.75) is 19.4 Å². The van der Waals surface area contributed by atoms with Crippen LogP contribution in [0.25, 0.3) is 0 Å². The molecule has 1 N–H and O–H groups in total. The van der Waals surface area contributed by atoms with Gasteiger partial charge in [0.25, 0.3) is 0 Å². The maximum absolute atomic E-state index is 5.96. The molecule has 3 nitrogen and oxygen atoms in total. The lowest BCUT2D eigenvalue weighted by Crippen LogP contribution is -2.15. The third-order valence-electron chi connectivity index (χ3n) is 2.12. The molecule has 1 heterocycles. The summed E-state index contributed by atoms with van der Waals surface area (Å²) >= 11 is 5.96. The van der Waals surface area contributed by atoms with Crippen molar-refractivity contribution in [2.24, 2.45) is 0 Å². The van der Waals surface area contributed by atoms with Crippen molar-refractivity contribution in [2.75, 3.05) is 20.3 Å². The summed E-state index contributed by atoms with van der Waals surface area (Å²) in [5.74, 6) is 0. The van der Waals surface area contributed by atoms with E-state index in [1.165, 1.54) is 0 Å². The van der Waals surface area contributed by atoms with Crippen LogP contribution in [0.4, 0.5) is 0 Å². The quantitative estimate of drug-likeness (QED) is 0.727. The lowest BCUT2D eigenvalue weighted by Gasteiger charge is -2.05. The van der Waals surface area contributed by atoms with Gasteiger partial charge in [0.1, 0.15) is 0 Å². The van der Waals surface area contributed by atoms with Gasteiger partial charge in [0.05, 0.1) is 5.02 Å². The van der Waals surface area contributed by atoms with Gasteiger partial charge in [0, 0.05) is 32.7 Å². The molecular formula is C11H17ClN2O. The van der Waals surface area contributed by atoms with E-state index in [4.69, 9.17) is 16.3 Å². The Morgan fingerprint density at radius 3 is 3.07 bits per heavy atom. The number of hydrogen-bond acceptors (Lipinski definition) is 3. The molecule has 1 aromatic heterocycles. The number of unbranched alkanes of at least 4 members (excludes halogenated alkanes) is 1. The number of ether oxygens (including phenoxy) is 1. The smallest absolute Gasteiger partial charge is 0.0634 e. The topological polar surface area (TPSA) is 34.1 Å². The number of halogens is 1. The highest BCUT2D eigenvalue weighted by Crippen LogP contribution is 2.12. The van der Waals surface area contributed by atoms with Crippen molar-refractivity contribution >= 4 is 11.6 Å². The molecule has 0 saturated heterocycles. The third-order valence-corrected chi connectivity index (χ3v) is 2.46. The van der Waals surface area contributed by atoms with Gasteiger partial charge in [-0.3, -0.25) is 4.98 Å². The van der Waals surface area contributed by atoms with Crippen LogP contribution < -0.4 is 5.32 Å². The second kappa shape index (κ2) is 7.63. The molecule has 1 aromatic rings. The SMILES string of the molecule is COCCCCNCc1ccncc1Cl. The number of rotatable bonds is 7. The van der Waals surface area contributed by atoms with E-state index >= 15 is 0 Å². The van der Waals surface area contributed by atoms with Crippen LogP contribution >= 0.6 is 11.6 Å². The Balaban J connectivity index is 2.12. The van der Waals surface area contributed by atoms with Gasteiger partial charge in [-0.05, 0) is 31.0 Å². The van der Waals surface area contributed by atoms with E-state index in [1.807, 2.05) is 6.07 Å². The molecule has 4 heteroatoms. The van der Waals surface area contributed by atoms with E-state index in [1.54, 1.807) is 19.5 Å². The molecule has 0 atom stereocenters. The maximum Gasteiger partial charge on any atom is 0.0634 e. The lowest BCUT2D eigenvalue weighted by atomic mass is 10.2. The minimum atomic E-state index is 0.724. The van der Waals surface area contributed by atoms with Crippen molar-refractivity contribution in [3.05, 3.63) is 29.0 Å². The molecule has 0 bridgehead atoms. The molecule has 0 radical (unpaired) electrons. The van der Waals surface area contributed by atoms with Crippen LogP contribution in [-0.2, 0) is 11.3 Å². The first-order valence-electron chi connectivity index (χ1n) is 5.12. The first kappa shape index (κ1) is 12.4. The van der Waals surface area contributed by atoms with E-state index in [-0.39, 0.29) is 0 Å². The Morgan fingerprint density at radius 2 is 2.33 bits per heavy atom. The third kappa shape index (κ3) is 5.11. The summed E-state index contributed by atoms with van der Waals surface area (Å²) in [6.45, 7) is 2.62. The zero-order valence-electron chi connectivity index (χ0n) is 9.00. The van der Waals surface area contributed by atoms with Crippen LogP contribution in [0.2, 0.25) is 5.02 Å². The van der Waals surface area contributed by atoms with E-state index in [9.17, 15) is 0 Å². The van der Waals surface area contributed by atoms with Gasteiger partial charge >= 0.3 is 0 Å². The molecule has 0 aliphatic heterocycles. The monoisotopic (exact) mass is 228 g/mol. The highest BCUT2D eigenvalue weighted by atomic mass is 35.5. The molecule has 0 spiro atoms. The number of methoxy groups -OCH3 is 1. The van der Waals surface area contributed by atoms with Crippen LogP contribution in [0.15, 0.2) is 18.5 Å². The van der Waals surface area contributed by atoms with Crippen molar-refractivity contribution < 1.29 is 4.74 Å². The van der Waals surface area contributed by atoms with Crippen molar-refractivity contribution in [3.8, 4) is 0 Å². The number of pyridine rings is 1. The van der Waals surface area contributed by atoms with Gasteiger partial charge in [0.2, 0.25) is 0 Å². The summed E-state index contributed by atoms with van der Waals surface area (Å²) < 4.78 is 4.97. The first-order chi connectivity index (χ1) is 7.34. The lowest BCUT2D eigenvalue weighted by molar-refractivity contribution is 0.192. The van der Waals surface area contributed by atoms with E-state index in [0.29, 0.717) is 0 Å². The van der Waals surface area contributed by atoms with Crippen LogP contribution in [0.3, 0.4) is 0 Å². The Labute approximate surface area is 95.8 Å². The molecule has 0 fully saturated rings. The summed E-state index contributed by atoms with van der Waals surface area (Å²) in [5.41, 5.74) is 1.10. The fourth-order valence-corrected chi connectivity index (χ4v) is 1.45. The summed E-state index contributed by atoms with van der Waals surface area (Å²) in [5, 5.41) is 4.06. The second-order valence-electron chi connectivity index (χ2n) is 3.34. The molecule has 0 amide bonds. The molecule has 1 rings (SSSR count). The molecule has 0 aliphatic rings. The zero-order chi connectivity index (χ0) is 10.9. The fraction of sp³-hybridized carbons (Fsp3) is 0.545. The van der Waals surface area contributed by atoms with Gasteiger partial charge in [-0.2, -0.15) is 0 Å². The molecule has 0 aromatic carbocycles. The first-order valence-corrected chi connectivity index (χ1v) is 5.50. The molecule has 0 saturated carbocycles. The second-order valence-corrected chi connectivity index (χ2v) is 3.75. The molecule has 84 valence electrons. The van der Waals surface area contributed by atoms with Crippen molar-refractivity contribution in [3.63, 3.8) is 0 Å². The van der Waals surface area contributed by atoms with Crippen LogP contribution in [0.1, 0.15) is 18.4 Å². The largest absolute Gasteiger partial charge is 0.385 e. The molecule has 0 aliphatic carbocycles. The summed E-state index contributed by atoms with van der Waals surface area (Å²) in [6, 6.07) is 1.94. The van der Waals surface area contributed by atoms with Gasteiger partial charge in [-0.1, -0.05) is 11.6 Å². The van der Waals surface area contributed by atoms with Gasteiger partial charge < -0.3 is 10.1 Å². The van der Waals surface area contributed by atoms with Crippen LogP contribution in [0, 0.1) is 0 Å². The highest BCUT2D eigenvalue weighted by molar-refractivity contribution is 6.31. The van der Waals surface area contributed by atoms with Crippen LogP contribution in [0.5, 0.6) is 0 Å². The number of aromatic nitrogens is 1. The van der Waals surface area contributed by atoms with E-state index < -0.39 is 0 Å². The number of hydrogen-bond donors (Lipinski definition) is 1. The minimum Gasteiger partial charge on any atom is -0.385 e. The Morgan fingerprint density at radius 1 is 1.47 bits per heavy atom. The van der Waals surface area contributed by atoms with Gasteiger partial charge in [-0.25, -0.2) is 0 Å². The summed E-state index contributed by atoms with van der Waals surface area (Å²) in [6.07, 6.45) is 5.64. The average molecular weight is 229 g/mol. The Hall–Kier alpha value is -0.640. The van der Waals surface area contributed by atoms with E-state index in [2.05, 4.69) is 10.3 Å². The Bertz CT molecular complexity index is 281. The van der Waals surface area contributed by atoms with Crippen LogP contribution in [-0.4, -0.2) is 25.2 Å².